The summed E-state index contributed by atoms with van der Waals surface area (Å²) < 4.78 is 6.53. The number of hydrogen-bond acceptors (Lipinski definition) is 6. The first-order chi connectivity index (χ1) is 13.0. The lowest BCUT2D eigenvalue weighted by Gasteiger charge is -2.15. The number of hydrogen-bond donors (Lipinski definition) is 1. The Bertz CT molecular complexity index is 953. The summed E-state index contributed by atoms with van der Waals surface area (Å²) in [5.41, 5.74) is 2.09. The molecule has 1 N–H and O–H groups in total. The number of ether oxygens (including phenoxy) is 1. The number of halogens is 1. The van der Waals surface area contributed by atoms with E-state index in [2.05, 4.69) is 10.3 Å². The van der Waals surface area contributed by atoms with E-state index in [0.29, 0.717) is 22.1 Å². The fourth-order valence-electron chi connectivity index (χ4n) is 2.57. The van der Waals surface area contributed by atoms with Crippen LogP contribution in [0.15, 0.2) is 35.8 Å². The molecule has 0 spiro atoms. The summed E-state index contributed by atoms with van der Waals surface area (Å²) in [4.78, 5) is 29.9. The smallest absolute Gasteiger partial charge is 0.328 e. The van der Waals surface area contributed by atoms with Crippen molar-refractivity contribution < 1.29 is 14.3 Å². The van der Waals surface area contributed by atoms with E-state index in [1.54, 1.807) is 39.9 Å². The van der Waals surface area contributed by atoms with Crippen LogP contribution in [0.1, 0.15) is 16.9 Å². The molecule has 3 rings (SSSR count). The van der Waals surface area contributed by atoms with Gasteiger partial charge in [0.25, 0.3) is 5.91 Å². The van der Waals surface area contributed by atoms with E-state index >= 15 is 0 Å². The Morgan fingerprint density at radius 3 is 2.78 bits per heavy atom. The fraction of sp³-hybridized carbons (Fsp3) is 0.278. The number of benzene rings is 1. The van der Waals surface area contributed by atoms with Gasteiger partial charge in [0.05, 0.1) is 12.8 Å². The topological polar surface area (TPSA) is 72.7 Å². The predicted octanol–water partition coefficient (Wildman–Crippen LogP) is 3.74. The van der Waals surface area contributed by atoms with Crippen molar-refractivity contribution in [3.05, 3.63) is 46.6 Å². The Hall–Kier alpha value is -2.03. The summed E-state index contributed by atoms with van der Waals surface area (Å²) in [6.07, 6.45) is 4.26. The summed E-state index contributed by atoms with van der Waals surface area (Å²) in [7, 11) is 1.32. The molecule has 0 bridgehead atoms. The monoisotopic (exact) mass is 423 g/mol. The Balaban J connectivity index is 1.84. The molecule has 0 aliphatic heterocycles. The van der Waals surface area contributed by atoms with Gasteiger partial charge in [-0.3, -0.25) is 9.20 Å². The van der Waals surface area contributed by atoms with E-state index < -0.39 is 12.0 Å². The van der Waals surface area contributed by atoms with Crippen molar-refractivity contribution in [2.24, 2.45) is 0 Å². The zero-order valence-electron chi connectivity index (χ0n) is 14.8. The van der Waals surface area contributed by atoms with Crippen LogP contribution >= 0.6 is 34.7 Å². The van der Waals surface area contributed by atoms with E-state index in [1.807, 2.05) is 18.4 Å². The quantitative estimate of drug-likeness (QED) is 0.586. The van der Waals surface area contributed by atoms with Crippen molar-refractivity contribution in [1.82, 2.24) is 14.7 Å². The number of nitrogens with zero attached hydrogens (tertiary/aromatic N) is 2. The maximum absolute atomic E-state index is 12.7. The normalized spacial score (nSPS) is 12.1. The van der Waals surface area contributed by atoms with Crippen LogP contribution in [0, 0.1) is 0 Å². The summed E-state index contributed by atoms with van der Waals surface area (Å²) in [6, 6.07) is 6.67. The number of esters is 1. The Morgan fingerprint density at radius 1 is 1.37 bits per heavy atom. The lowest BCUT2D eigenvalue weighted by atomic mass is 10.2. The highest BCUT2D eigenvalue weighted by atomic mass is 35.5. The van der Waals surface area contributed by atoms with Crippen LogP contribution in [-0.2, 0) is 9.53 Å². The number of fused-ring (bicyclic) bond motifs is 1. The Kier molecular flexibility index (Phi) is 6.41. The molecule has 0 saturated carbocycles. The van der Waals surface area contributed by atoms with Gasteiger partial charge in [0.1, 0.15) is 11.7 Å². The SMILES string of the molecule is COC(=O)[C@H](CCSC)NC(=O)c1csc2nc(-c3ccc(Cl)cc3)cn12. The Morgan fingerprint density at radius 2 is 2.11 bits per heavy atom. The van der Waals surface area contributed by atoms with Crippen molar-refractivity contribution in [3.63, 3.8) is 0 Å². The lowest BCUT2D eigenvalue weighted by Crippen LogP contribution is -2.42. The molecule has 1 atom stereocenters. The minimum absolute atomic E-state index is 0.335. The third kappa shape index (κ3) is 4.45. The van der Waals surface area contributed by atoms with Gasteiger partial charge in [-0.15, -0.1) is 11.3 Å². The average Bonchev–Trinajstić information content (AvgIpc) is 3.25. The van der Waals surface area contributed by atoms with Crippen LogP contribution in [0.2, 0.25) is 5.02 Å². The van der Waals surface area contributed by atoms with Gasteiger partial charge in [-0.05, 0) is 30.6 Å². The number of thiazole rings is 1. The van der Waals surface area contributed by atoms with Crippen LogP contribution in [0.25, 0.3) is 16.2 Å². The first kappa shape index (κ1) is 19.7. The second-order valence-electron chi connectivity index (χ2n) is 5.74. The molecule has 9 heteroatoms. The maximum atomic E-state index is 12.7. The molecule has 0 saturated heterocycles. The number of aromatic nitrogens is 2. The molecule has 142 valence electrons. The van der Waals surface area contributed by atoms with Gasteiger partial charge in [-0.25, -0.2) is 9.78 Å². The highest BCUT2D eigenvalue weighted by molar-refractivity contribution is 7.98. The second-order valence-corrected chi connectivity index (χ2v) is 8.00. The van der Waals surface area contributed by atoms with Gasteiger partial charge in [-0.1, -0.05) is 23.7 Å². The number of carbonyl (C=O) groups excluding carboxylic acids is 2. The van der Waals surface area contributed by atoms with Crippen LogP contribution in [-0.4, -0.2) is 46.4 Å². The van der Waals surface area contributed by atoms with Crippen molar-refractivity contribution in [1.29, 1.82) is 0 Å². The molecule has 0 unspecified atom stereocenters. The predicted molar refractivity (Wildman–Crippen MR) is 110 cm³/mol. The molecular weight excluding hydrogens is 406 g/mol. The number of imidazole rings is 1. The summed E-state index contributed by atoms with van der Waals surface area (Å²) in [5, 5.41) is 5.15. The maximum Gasteiger partial charge on any atom is 0.328 e. The van der Waals surface area contributed by atoms with Gasteiger partial charge in [0.15, 0.2) is 4.96 Å². The van der Waals surface area contributed by atoms with Crippen molar-refractivity contribution in [3.8, 4) is 11.3 Å². The summed E-state index contributed by atoms with van der Waals surface area (Å²) in [5.74, 6) is -0.0422. The highest BCUT2D eigenvalue weighted by Crippen LogP contribution is 2.25. The fourth-order valence-corrected chi connectivity index (χ4v) is 4.02. The minimum Gasteiger partial charge on any atom is -0.467 e. The zero-order valence-corrected chi connectivity index (χ0v) is 17.2. The van der Waals surface area contributed by atoms with Crippen LogP contribution in [0.4, 0.5) is 0 Å². The van der Waals surface area contributed by atoms with Crippen molar-refractivity contribution in [2.75, 3.05) is 19.1 Å². The number of methoxy groups -OCH3 is 1. The standard InChI is InChI=1S/C18H18ClN3O3S2/c1-25-17(24)13(7-8-26-2)20-16(23)15-10-27-18-21-14(9-22(15)18)11-3-5-12(19)6-4-11/h3-6,9-10,13H,7-8H2,1-2H3,(H,20,23)/t13-/m0/s1. The number of thioether (sulfide) groups is 1. The van der Waals surface area contributed by atoms with Crippen molar-refractivity contribution in [2.45, 2.75) is 12.5 Å². The van der Waals surface area contributed by atoms with Crippen LogP contribution < -0.4 is 5.32 Å². The van der Waals surface area contributed by atoms with Gasteiger partial charge in [0.2, 0.25) is 0 Å². The Labute approximate surface area is 169 Å². The van der Waals surface area contributed by atoms with Gasteiger partial charge in [-0.2, -0.15) is 11.8 Å². The molecule has 27 heavy (non-hydrogen) atoms. The first-order valence-corrected chi connectivity index (χ1v) is 10.8. The minimum atomic E-state index is -0.677. The highest BCUT2D eigenvalue weighted by Gasteiger charge is 2.24. The third-order valence-corrected chi connectivity index (χ3v) is 5.72. The van der Waals surface area contributed by atoms with E-state index in [0.717, 1.165) is 17.0 Å². The molecule has 1 amide bonds. The van der Waals surface area contributed by atoms with E-state index in [4.69, 9.17) is 16.3 Å². The largest absolute Gasteiger partial charge is 0.467 e. The molecule has 0 aliphatic rings. The van der Waals surface area contributed by atoms with E-state index in [1.165, 1.54) is 18.4 Å². The van der Waals surface area contributed by atoms with Gasteiger partial charge < -0.3 is 10.1 Å². The molecule has 0 fully saturated rings. The molecule has 3 aromatic rings. The molecular formula is C18H18ClN3O3S2. The van der Waals surface area contributed by atoms with Crippen LogP contribution in [0.5, 0.6) is 0 Å². The molecule has 0 radical (unpaired) electrons. The van der Waals surface area contributed by atoms with Crippen molar-refractivity contribution >= 4 is 51.5 Å². The molecule has 0 aliphatic carbocycles. The van der Waals surface area contributed by atoms with Crippen LogP contribution in [0.3, 0.4) is 0 Å². The average molecular weight is 424 g/mol. The number of rotatable bonds is 7. The van der Waals surface area contributed by atoms with Gasteiger partial charge >= 0.3 is 5.97 Å². The zero-order chi connectivity index (χ0) is 19.4. The molecule has 2 aromatic heterocycles. The van der Waals surface area contributed by atoms with Gasteiger partial charge in [0, 0.05) is 22.2 Å². The number of nitrogens with one attached hydrogen (secondary N) is 1. The molecule has 2 heterocycles. The molecule has 6 nitrogen and oxygen atoms in total. The van der Waals surface area contributed by atoms with E-state index in [-0.39, 0.29) is 5.91 Å². The number of carbonyl (C=O) groups is 2. The molecule has 1 aromatic carbocycles. The van der Waals surface area contributed by atoms with E-state index in [9.17, 15) is 9.59 Å². The third-order valence-electron chi connectivity index (χ3n) is 3.98. The lowest BCUT2D eigenvalue weighted by molar-refractivity contribution is -0.142. The summed E-state index contributed by atoms with van der Waals surface area (Å²) in [6.45, 7) is 0. The summed E-state index contributed by atoms with van der Waals surface area (Å²) >= 11 is 8.90. The first-order valence-electron chi connectivity index (χ1n) is 8.13. The second kappa shape index (κ2) is 8.77. The number of amides is 1.